The van der Waals surface area contributed by atoms with Crippen LogP contribution in [0.2, 0.25) is 0 Å². The predicted molar refractivity (Wildman–Crippen MR) is 97.3 cm³/mol. The van der Waals surface area contributed by atoms with Crippen LogP contribution in [0.3, 0.4) is 0 Å². The van der Waals surface area contributed by atoms with Crippen LogP contribution in [0.15, 0.2) is 36.7 Å². The van der Waals surface area contributed by atoms with Crippen molar-refractivity contribution in [1.29, 1.82) is 0 Å². The van der Waals surface area contributed by atoms with Gasteiger partial charge < -0.3 is 10.6 Å². The number of aryl methyl sites for hydroxylation is 2. The van der Waals surface area contributed by atoms with Gasteiger partial charge in [0.15, 0.2) is 0 Å². The summed E-state index contributed by atoms with van der Waals surface area (Å²) in [5.41, 5.74) is 2.11. The number of amides is 2. The van der Waals surface area contributed by atoms with E-state index in [9.17, 15) is 9.59 Å². The molecule has 0 radical (unpaired) electrons. The Labute approximate surface area is 148 Å². The van der Waals surface area contributed by atoms with Crippen molar-refractivity contribution in [2.45, 2.75) is 40.2 Å². The highest BCUT2D eigenvalue weighted by Crippen LogP contribution is 2.10. The summed E-state index contributed by atoms with van der Waals surface area (Å²) in [6, 6.07) is 6.58. The molecule has 2 aromatic rings. The van der Waals surface area contributed by atoms with E-state index < -0.39 is 6.04 Å². The molecular formula is C19H24N4O2. The van der Waals surface area contributed by atoms with Crippen molar-refractivity contribution in [2.24, 2.45) is 5.92 Å². The van der Waals surface area contributed by atoms with Crippen LogP contribution in [0, 0.1) is 12.8 Å². The Morgan fingerprint density at radius 2 is 1.68 bits per heavy atom. The molecule has 2 rings (SSSR count). The molecule has 6 nitrogen and oxygen atoms in total. The van der Waals surface area contributed by atoms with Crippen LogP contribution in [0.4, 0.5) is 5.69 Å². The van der Waals surface area contributed by atoms with E-state index in [-0.39, 0.29) is 17.7 Å². The van der Waals surface area contributed by atoms with Gasteiger partial charge in [-0.2, -0.15) is 0 Å². The largest absolute Gasteiger partial charge is 0.340 e. The second-order valence-corrected chi connectivity index (χ2v) is 6.29. The van der Waals surface area contributed by atoms with E-state index in [2.05, 4.69) is 20.6 Å². The highest BCUT2D eigenvalue weighted by Gasteiger charge is 2.25. The molecule has 6 heteroatoms. The topological polar surface area (TPSA) is 84.0 Å². The third-order valence-corrected chi connectivity index (χ3v) is 3.84. The molecule has 1 unspecified atom stereocenters. The number of aromatic nitrogens is 2. The molecule has 0 fully saturated rings. The molecule has 1 aromatic heterocycles. The standard InChI is InChI=1S/C19H24N4O2/c1-5-16-20-10-15(11-21-16)22-19(25)17(12(2)3)23-18(24)14-8-6-13(4)7-9-14/h6-12,17H,5H2,1-4H3,(H,22,25)(H,23,24). The zero-order valence-electron chi connectivity index (χ0n) is 15.0. The van der Waals surface area contributed by atoms with Crippen molar-refractivity contribution in [3.63, 3.8) is 0 Å². The molecule has 132 valence electrons. The highest BCUT2D eigenvalue weighted by atomic mass is 16.2. The van der Waals surface area contributed by atoms with Crippen molar-refractivity contribution in [3.05, 3.63) is 53.6 Å². The Bertz CT molecular complexity index is 724. The van der Waals surface area contributed by atoms with Crippen molar-refractivity contribution >= 4 is 17.5 Å². The van der Waals surface area contributed by atoms with Gasteiger partial charge in [0, 0.05) is 12.0 Å². The summed E-state index contributed by atoms with van der Waals surface area (Å²) >= 11 is 0. The van der Waals surface area contributed by atoms with E-state index in [4.69, 9.17) is 0 Å². The summed E-state index contributed by atoms with van der Waals surface area (Å²) in [4.78, 5) is 33.3. The Morgan fingerprint density at radius 3 is 2.20 bits per heavy atom. The van der Waals surface area contributed by atoms with E-state index >= 15 is 0 Å². The van der Waals surface area contributed by atoms with Gasteiger partial charge in [-0.05, 0) is 25.0 Å². The number of rotatable bonds is 6. The van der Waals surface area contributed by atoms with Crippen LogP contribution in [0.25, 0.3) is 0 Å². The van der Waals surface area contributed by atoms with Gasteiger partial charge in [0.25, 0.3) is 5.91 Å². The maximum absolute atomic E-state index is 12.5. The lowest BCUT2D eigenvalue weighted by Gasteiger charge is -2.21. The number of nitrogens with one attached hydrogen (secondary N) is 2. The van der Waals surface area contributed by atoms with Gasteiger partial charge in [-0.3, -0.25) is 9.59 Å². The molecular weight excluding hydrogens is 316 g/mol. The zero-order chi connectivity index (χ0) is 18.4. The van der Waals surface area contributed by atoms with Crippen molar-refractivity contribution in [3.8, 4) is 0 Å². The molecule has 0 saturated heterocycles. The number of carbonyl (C=O) groups excluding carboxylic acids is 2. The Kier molecular flexibility index (Phi) is 6.22. The summed E-state index contributed by atoms with van der Waals surface area (Å²) in [5, 5.41) is 5.56. The molecule has 0 aliphatic heterocycles. The van der Waals surface area contributed by atoms with Gasteiger partial charge >= 0.3 is 0 Å². The van der Waals surface area contributed by atoms with Crippen LogP contribution >= 0.6 is 0 Å². The van der Waals surface area contributed by atoms with Crippen LogP contribution in [-0.4, -0.2) is 27.8 Å². The van der Waals surface area contributed by atoms with Gasteiger partial charge in [-0.25, -0.2) is 9.97 Å². The first kappa shape index (κ1) is 18.6. The Hall–Kier alpha value is -2.76. The van der Waals surface area contributed by atoms with Gasteiger partial charge in [-0.1, -0.05) is 38.5 Å². The monoisotopic (exact) mass is 340 g/mol. The Morgan fingerprint density at radius 1 is 1.08 bits per heavy atom. The van der Waals surface area contributed by atoms with Crippen molar-refractivity contribution in [1.82, 2.24) is 15.3 Å². The lowest BCUT2D eigenvalue weighted by atomic mass is 10.0. The number of hydrogen-bond acceptors (Lipinski definition) is 4. The summed E-state index contributed by atoms with van der Waals surface area (Å²) in [7, 11) is 0. The fourth-order valence-corrected chi connectivity index (χ4v) is 2.29. The molecule has 2 N–H and O–H groups in total. The molecule has 25 heavy (non-hydrogen) atoms. The molecule has 0 bridgehead atoms. The molecule has 1 atom stereocenters. The van der Waals surface area contributed by atoms with Crippen molar-refractivity contribution in [2.75, 3.05) is 5.32 Å². The quantitative estimate of drug-likeness (QED) is 0.847. The van der Waals surface area contributed by atoms with Gasteiger partial charge in [0.1, 0.15) is 11.9 Å². The molecule has 0 spiro atoms. The summed E-state index contributed by atoms with van der Waals surface area (Å²) in [5.74, 6) is 0.0889. The fraction of sp³-hybridized carbons (Fsp3) is 0.368. The third kappa shape index (κ3) is 5.11. The van der Waals surface area contributed by atoms with E-state index in [1.807, 2.05) is 39.8 Å². The van der Waals surface area contributed by atoms with Crippen LogP contribution in [0.5, 0.6) is 0 Å². The van der Waals surface area contributed by atoms with E-state index in [0.29, 0.717) is 17.1 Å². The SMILES string of the molecule is CCc1ncc(NC(=O)C(NC(=O)c2ccc(C)cc2)C(C)C)cn1. The predicted octanol–water partition coefficient (Wildman–Crippen LogP) is 2.74. The molecule has 2 amide bonds. The first-order valence-electron chi connectivity index (χ1n) is 8.40. The molecule has 0 aliphatic carbocycles. The first-order chi connectivity index (χ1) is 11.9. The van der Waals surface area contributed by atoms with Gasteiger partial charge in [-0.15, -0.1) is 0 Å². The number of carbonyl (C=O) groups is 2. The van der Waals surface area contributed by atoms with Gasteiger partial charge in [0.05, 0.1) is 18.1 Å². The average molecular weight is 340 g/mol. The maximum Gasteiger partial charge on any atom is 0.251 e. The molecule has 0 saturated carbocycles. The number of nitrogens with zero attached hydrogens (tertiary/aromatic N) is 2. The van der Waals surface area contributed by atoms with Crippen LogP contribution < -0.4 is 10.6 Å². The van der Waals surface area contributed by atoms with Gasteiger partial charge in [0.2, 0.25) is 5.91 Å². The molecule has 0 aliphatic rings. The van der Waals surface area contributed by atoms with Crippen LogP contribution in [-0.2, 0) is 11.2 Å². The zero-order valence-corrected chi connectivity index (χ0v) is 15.0. The molecule has 1 aromatic carbocycles. The van der Waals surface area contributed by atoms with E-state index in [0.717, 1.165) is 12.0 Å². The minimum absolute atomic E-state index is 0.0646. The summed E-state index contributed by atoms with van der Waals surface area (Å²) in [6.45, 7) is 7.69. The average Bonchev–Trinajstić information content (AvgIpc) is 2.60. The number of benzene rings is 1. The first-order valence-corrected chi connectivity index (χ1v) is 8.40. The second-order valence-electron chi connectivity index (χ2n) is 6.29. The highest BCUT2D eigenvalue weighted by molar-refractivity contribution is 6.01. The minimum Gasteiger partial charge on any atom is -0.340 e. The van der Waals surface area contributed by atoms with Crippen molar-refractivity contribution < 1.29 is 9.59 Å². The Balaban J connectivity index is 2.06. The number of hydrogen-bond donors (Lipinski definition) is 2. The fourth-order valence-electron chi connectivity index (χ4n) is 2.29. The lowest BCUT2D eigenvalue weighted by Crippen LogP contribution is -2.47. The van der Waals surface area contributed by atoms with E-state index in [1.54, 1.807) is 24.5 Å². The van der Waals surface area contributed by atoms with Crippen LogP contribution in [0.1, 0.15) is 42.5 Å². The second kappa shape index (κ2) is 8.37. The van der Waals surface area contributed by atoms with E-state index in [1.165, 1.54) is 0 Å². The third-order valence-electron chi connectivity index (χ3n) is 3.84. The smallest absolute Gasteiger partial charge is 0.251 e. The normalized spacial score (nSPS) is 11.9. The molecule has 1 heterocycles. The summed E-state index contributed by atoms with van der Waals surface area (Å²) in [6.07, 6.45) is 3.88. The lowest BCUT2D eigenvalue weighted by molar-refractivity contribution is -0.118. The number of anilines is 1. The summed E-state index contributed by atoms with van der Waals surface area (Å²) < 4.78 is 0. The minimum atomic E-state index is -0.653. The maximum atomic E-state index is 12.5.